The van der Waals surface area contributed by atoms with Crippen molar-refractivity contribution in [3.63, 3.8) is 0 Å². The Morgan fingerprint density at radius 2 is 1.84 bits per heavy atom. The number of rotatable bonds is 7. The molecule has 168 valence electrons. The predicted molar refractivity (Wildman–Crippen MR) is 118 cm³/mol. The summed E-state index contributed by atoms with van der Waals surface area (Å²) >= 11 is 0. The van der Waals surface area contributed by atoms with Gasteiger partial charge >= 0.3 is 6.09 Å². The first-order valence-corrected chi connectivity index (χ1v) is 12.0. The number of sulfone groups is 1. The molecular weight excluding hydrogens is 430 g/mol. The minimum atomic E-state index is -3.33. The minimum Gasteiger partial charge on any atom is -0.465 e. The molecule has 1 aliphatic heterocycles. The molecule has 0 aliphatic carbocycles. The largest absolute Gasteiger partial charge is 0.465 e. The van der Waals surface area contributed by atoms with Crippen molar-refractivity contribution >= 4 is 21.8 Å². The third-order valence-corrected chi connectivity index (χ3v) is 7.43. The number of likely N-dealkylation sites (tertiary alicyclic amines) is 1. The SMILES string of the molecule is CCS(=O)(=O)c1ccc([C@H](CC#N)NC(=O)c2ccc(C3CCCN3C(=O)O)cc2)cc1. The van der Waals surface area contributed by atoms with Gasteiger partial charge in [0.1, 0.15) is 0 Å². The number of nitriles is 1. The number of nitrogens with zero attached hydrogens (tertiary/aromatic N) is 2. The molecule has 0 bridgehead atoms. The lowest BCUT2D eigenvalue weighted by molar-refractivity contribution is 0.0937. The topological polar surface area (TPSA) is 128 Å². The summed E-state index contributed by atoms with van der Waals surface area (Å²) in [4.78, 5) is 25.7. The molecule has 2 atom stereocenters. The van der Waals surface area contributed by atoms with E-state index in [0.717, 1.165) is 18.4 Å². The Labute approximate surface area is 187 Å². The van der Waals surface area contributed by atoms with Gasteiger partial charge < -0.3 is 15.3 Å². The Bertz CT molecular complexity index is 1120. The molecule has 0 saturated carbocycles. The van der Waals surface area contributed by atoms with E-state index in [1.54, 1.807) is 43.3 Å². The van der Waals surface area contributed by atoms with E-state index >= 15 is 0 Å². The second-order valence-corrected chi connectivity index (χ2v) is 9.89. The normalized spacial score (nSPS) is 16.9. The van der Waals surface area contributed by atoms with Gasteiger partial charge in [0.05, 0.1) is 35.2 Å². The molecule has 3 rings (SSSR count). The van der Waals surface area contributed by atoms with Gasteiger partial charge in [-0.3, -0.25) is 4.79 Å². The Balaban J connectivity index is 1.74. The summed E-state index contributed by atoms with van der Waals surface area (Å²) in [6.45, 7) is 2.07. The standard InChI is InChI=1S/C23H25N3O5S/c1-2-32(30,31)19-11-9-16(10-12-19)20(13-14-24)25-22(27)18-7-5-17(6-8-18)21-4-3-15-26(21)23(28)29/h5-12,20-21H,2-4,13,15H2,1H3,(H,25,27)(H,28,29)/t20-,21?/m0/s1. The van der Waals surface area contributed by atoms with Gasteiger partial charge in [-0.05, 0) is 48.2 Å². The van der Waals surface area contributed by atoms with Crippen molar-refractivity contribution in [2.75, 3.05) is 12.3 Å². The molecule has 1 saturated heterocycles. The summed E-state index contributed by atoms with van der Waals surface area (Å²) in [5.41, 5.74) is 1.86. The zero-order chi connectivity index (χ0) is 23.3. The zero-order valence-corrected chi connectivity index (χ0v) is 18.5. The lowest BCUT2D eigenvalue weighted by atomic mass is 10.0. The van der Waals surface area contributed by atoms with Crippen LogP contribution in [0.4, 0.5) is 4.79 Å². The van der Waals surface area contributed by atoms with E-state index in [0.29, 0.717) is 17.7 Å². The van der Waals surface area contributed by atoms with Gasteiger partial charge in [0, 0.05) is 12.1 Å². The van der Waals surface area contributed by atoms with Crippen LogP contribution < -0.4 is 5.32 Å². The van der Waals surface area contributed by atoms with Gasteiger partial charge in [0.2, 0.25) is 0 Å². The van der Waals surface area contributed by atoms with E-state index in [2.05, 4.69) is 5.32 Å². The van der Waals surface area contributed by atoms with Crippen LogP contribution in [0, 0.1) is 11.3 Å². The van der Waals surface area contributed by atoms with Crippen molar-refractivity contribution in [3.8, 4) is 6.07 Å². The molecule has 2 aromatic carbocycles. The summed E-state index contributed by atoms with van der Waals surface area (Å²) in [6.07, 6.45) is 0.616. The summed E-state index contributed by atoms with van der Waals surface area (Å²) in [5.74, 6) is -0.380. The van der Waals surface area contributed by atoms with Crippen molar-refractivity contribution < 1.29 is 23.1 Å². The summed E-state index contributed by atoms with van der Waals surface area (Å²) in [6, 6.07) is 14.2. The molecule has 9 heteroatoms. The molecule has 0 spiro atoms. The van der Waals surface area contributed by atoms with Gasteiger partial charge in [-0.15, -0.1) is 0 Å². The Morgan fingerprint density at radius 1 is 1.19 bits per heavy atom. The van der Waals surface area contributed by atoms with E-state index in [9.17, 15) is 28.4 Å². The van der Waals surface area contributed by atoms with Crippen LogP contribution in [0.5, 0.6) is 0 Å². The van der Waals surface area contributed by atoms with Crippen LogP contribution in [0.3, 0.4) is 0 Å². The van der Waals surface area contributed by atoms with Crippen molar-refractivity contribution in [2.24, 2.45) is 0 Å². The molecule has 0 radical (unpaired) electrons. The number of amides is 2. The molecule has 32 heavy (non-hydrogen) atoms. The highest BCUT2D eigenvalue weighted by molar-refractivity contribution is 7.91. The van der Waals surface area contributed by atoms with E-state index in [1.807, 2.05) is 6.07 Å². The highest BCUT2D eigenvalue weighted by Gasteiger charge is 2.29. The fourth-order valence-corrected chi connectivity index (χ4v) is 4.74. The summed E-state index contributed by atoms with van der Waals surface area (Å²) < 4.78 is 24.0. The predicted octanol–water partition coefficient (Wildman–Crippen LogP) is 3.68. The van der Waals surface area contributed by atoms with Crippen LogP contribution in [0.1, 0.15) is 59.8 Å². The highest BCUT2D eigenvalue weighted by atomic mass is 32.2. The van der Waals surface area contributed by atoms with Gasteiger partial charge in [-0.25, -0.2) is 13.2 Å². The smallest absolute Gasteiger partial charge is 0.407 e. The van der Waals surface area contributed by atoms with E-state index in [1.165, 1.54) is 17.0 Å². The fraction of sp³-hybridized carbons (Fsp3) is 0.348. The quantitative estimate of drug-likeness (QED) is 0.655. The number of hydrogen-bond acceptors (Lipinski definition) is 5. The molecule has 0 aromatic heterocycles. The zero-order valence-electron chi connectivity index (χ0n) is 17.7. The van der Waals surface area contributed by atoms with E-state index < -0.39 is 22.0 Å². The number of carbonyl (C=O) groups excluding carboxylic acids is 1. The highest BCUT2D eigenvalue weighted by Crippen LogP contribution is 2.32. The minimum absolute atomic E-state index is 0.00815. The molecule has 1 heterocycles. The second kappa shape index (κ2) is 9.83. The summed E-state index contributed by atoms with van der Waals surface area (Å²) in [7, 11) is -3.33. The first-order valence-electron chi connectivity index (χ1n) is 10.4. The monoisotopic (exact) mass is 455 g/mol. The maximum absolute atomic E-state index is 12.8. The van der Waals surface area contributed by atoms with Crippen LogP contribution in [-0.2, 0) is 9.84 Å². The average Bonchev–Trinajstić information content (AvgIpc) is 3.29. The van der Waals surface area contributed by atoms with E-state index in [4.69, 9.17) is 0 Å². The second-order valence-electron chi connectivity index (χ2n) is 7.62. The Hall–Kier alpha value is -3.38. The maximum Gasteiger partial charge on any atom is 0.407 e. The van der Waals surface area contributed by atoms with Crippen molar-refractivity contribution in [2.45, 2.75) is 43.2 Å². The molecule has 2 aromatic rings. The number of hydrogen-bond donors (Lipinski definition) is 2. The third-order valence-electron chi connectivity index (χ3n) is 5.68. The molecular formula is C23H25N3O5S. The van der Waals surface area contributed by atoms with Crippen LogP contribution in [-0.4, -0.2) is 42.7 Å². The average molecular weight is 456 g/mol. The Morgan fingerprint density at radius 3 is 2.41 bits per heavy atom. The van der Waals surface area contributed by atoms with Crippen molar-refractivity contribution in [1.82, 2.24) is 10.2 Å². The van der Waals surface area contributed by atoms with Crippen molar-refractivity contribution in [3.05, 3.63) is 65.2 Å². The van der Waals surface area contributed by atoms with Gasteiger partial charge in [0.15, 0.2) is 9.84 Å². The molecule has 8 nitrogen and oxygen atoms in total. The molecule has 1 aliphatic rings. The maximum atomic E-state index is 12.8. The van der Waals surface area contributed by atoms with Gasteiger partial charge in [-0.1, -0.05) is 31.2 Å². The molecule has 2 N–H and O–H groups in total. The van der Waals surface area contributed by atoms with Crippen LogP contribution >= 0.6 is 0 Å². The number of benzene rings is 2. The van der Waals surface area contributed by atoms with Gasteiger partial charge in [0.25, 0.3) is 5.91 Å². The van der Waals surface area contributed by atoms with Crippen LogP contribution in [0.25, 0.3) is 0 Å². The van der Waals surface area contributed by atoms with Crippen LogP contribution in [0.2, 0.25) is 0 Å². The number of nitrogens with one attached hydrogen (secondary N) is 1. The van der Waals surface area contributed by atoms with E-state index in [-0.39, 0.29) is 29.0 Å². The van der Waals surface area contributed by atoms with Crippen LogP contribution in [0.15, 0.2) is 53.4 Å². The third kappa shape index (κ3) is 5.08. The molecule has 2 amide bonds. The lowest BCUT2D eigenvalue weighted by Gasteiger charge is -2.22. The Kier molecular flexibility index (Phi) is 7.15. The lowest BCUT2D eigenvalue weighted by Crippen LogP contribution is -2.29. The number of carbonyl (C=O) groups is 2. The number of carboxylic acid groups (broad SMARTS) is 1. The first-order chi connectivity index (χ1) is 15.3. The molecule has 1 fully saturated rings. The van der Waals surface area contributed by atoms with Crippen molar-refractivity contribution in [1.29, 1.82) is 5.26 Å². The fourth-order valence-electron chi connectivity index (χ4n) is 3.86. The first kappa shape index (κ1) is 23.3. The molecule has 1 unspecified atom stereocenters. The van der Waals surface area contributed by atoms with Gasteiger partial charge in [-0.2, -0.15) is 5.26 Å². The summed E-state index contributed by atoms with van der Waals surface area (Å²) in [5, 5.41) is 21.3.